The molecule has 0 atom stereocenters. The number of aromatic nitrogens is 1. The second kappa shape index (κ2) is 8.57. The number of nitrogens with two attached hydrogens (primary N) is 1. The molecule has 0 unspecified atom stereocenters. The lowest BCUT2D eigenvalue weighted by molar-refractivity contribution is -0.119. The van der Waals surface area contributed by atoms with E-state index in [0.29, 0.717) is 18.5 Å². The Bertz CT molecular complexity index is 799. The third-order valence-corrected chi connectivity index (χ3v) is 3.97. The molecule has 3 N–H and O–H groups in total. The third kappa shape index (κ3) is 4.66. The molecular formula is C17H20ClN3O5. The Morgan fingerprint density at radius 1 is 1.35 bits per heavy atom. The Balaban J connectivity index is 2.06. The van der Waals surface area contributed by atoms with Gasteiger partial charge in [0.25, 0.3) is 11.8 Å². The molecule has 1 aromatic heterocycles. The SMILES string of the molecule is COc1cc(C(=O)NCCc2c(C)noc2C)cc(Cl)c1OCC(N)=O. The van der Waals surface area contributed by atoms with Crippen LogP contribution < -0.4 is 20.5 Å². The molecule has 0 aliphatic heterocycles. The van der Waals surface area contributed by atoms with Crippen LogP contribution in [0.5, 0.6) is 11.5 Å². The largest absolute Gasteiger partial charge is 0.493 e. The van der Waals surface area contributed by atoms with Crippen molar-refractivity contribution in [3.63, 3.8) is 0 Å². The zero-order valence-electron chi connectivity index (χ0n) is 14.7. The van der Waals surface area contributed by atoms with Crippen molar-refractivity contribution in [2.75, 3.05) is 20.3 Å². The Labute approximate surface area is 155 Å². The summed E-state index contributed by atoms with van der Waals surface area (Å²) in [6.07, 6.45) is 0.595. The quantitative estimate of drug-likeness (QED) is 0.720. The predicted octanol–water partition coefficient (Wildman–Crippen LogP) is 1.79. The molecule has 140 valence electrons. The molecule has 1 heterocycles. The fraction of sp³-hybridized carbons (Fsp3) is 0.353. The fourth-order valence-corrected chi connectivity index (χ4v) is 2.66. The van der Waals surface area contributed by atoms with Gasteiger partial charge >= 0.3 is 0 Å². The second-order valence-corrected chi connectivity index (χ2v) is 5.96. The molecule has 0 spiro atoms. The summed E-state index contributed by atoms with van der Waals surface area (Å²) >= 11 is 6.14. The molecule has 0 radical (unpaired) electrons. The van der Waals surface area contributed by atoms with Crippen molar-refractivity contribution in [1.82, 2.24) is 10.5 Å². The molecule has 26 heavy (non-hydrogen) atoms. The number of nitrogens with one attached hydrogen (secondary N) is 1. The van der Waals surface area contributed by atoms with Gasteiger partial charge in [0.1, 0.15) is 5.76 Å². The molecule has 0 bridgehead atoms. The number of carbonyl (C=O) groups excluding carboxylic acids is 2. The maximum Gasteiger partial charge on any atom is 0.255 e. The van der Waals surface area contributed by atoms with Gasteiger partial charge in [0.2, 0.25) is 0 Å². The predicted molar refractivity (Wildman–Crippen MR) is 94.7 cm³/mol. The summed E-state index contributed by atoms with van der Waals surface area (Å²) in [5.41, 5.74) is 7.13. The van der Waals surface area contributed by atoms with Crippen molar-refractivity contribution in [1.29, 1.82) is 0 Å². The number of amides is 2. The topological polar surface area (TPSA) is 117 Å². The summed E-state index contributed by atoms with van der Waals surface area (Å²) in [7, 11) is 1.40. The van der Waals surface area contributed by atoms with Crippen LogP contribution in [-0.2, 0) is 11.2 Å². The average molecular weight is 382 g/mol. The van der Waals surface area contributed by atoms with Crippen LogP contribution in [0.2, 0.25) is 5.02 Å². The van der Waals surface area contributed by atoms with Gasteiger partial charge in [0, 0.05) is 17.7 Å². The smallest absolute Gasteiger partial charge is 0.255 e. The van der Waals surface area contributed by atoms with Crippen molar-refractivity contribution in [2.45, 2.75) is 20.3 Å². The summed E-state index contributed by atoms with van der Waals surface area (Å²) in [6.45, 7) is 3.73. The number of methoxy groups -OCH3 is 1. The zero-order valence-corrected chi connectivity index (χ0v) is 15.5. The van der Waals surface area contributed by atoms with E-state index in [4.69, 9.17) is 31.3 Å². The minimum atomic E-state index is -0.649. The highest BCUT2D eigenvalue weighted by Crippen LogP contribution is 2.36. The fourth-order valence-electron chi connectivity index (χ4n) is 2.40. The van der Waals surface area contributed by atoms with Crippen LogP contribution in [0.4, 0.5) is 0 Å². The van der Waals surface area contributed by atoms with E-state index in [0.717, 1.165) is 17.0 Å². The molecule has 2 amide bonds. The van der Waals surface area contributed by atoms with Gasteiger partial charge in [-0.15, -0.1) is 0 Å². The summed E-state index contributed by atoms with van der Waals surface area (Å²) in [5.74, 6) is 0.148. The van der Waals surface area contributed by atoms with E-state index in [1.165, 1.54) is 19.2 Å². The molecule has 9 heteroatoms. The first-order valence-electron chi connectivity index (χ1n) is 7.82. The van der Waals surface area contributed by atoms with Crippen molar-refractivity contribution < 1.29 is 23.6 Å². The number of halogens is 1. The van der Waals surface area contributed by atoms with Crippen molar-refractivity contribution in [2.24, 2.45) is 5.73 Å². The Hall–Kier alpha value is -2.74. The van der Waals surface area contributed by atoms with E-state index in [2.05, 4.69) is 10.5 Å². The van der Waals surface area contributed by atoms with Gasteiger partial charge < -0.3 is 25.0 Å². The lowest BCUT2D eigenvalue weighted by atomic mass is 10.1. The number of nitrogens with zero attached hydrogens (tertiary/aromatic N) is 1. The van der Waals surface area contributed by atoms with Gasteiger partial charge in [-0.1, -0.05) is 16.8 Å². The van der Waals surface area contributed by atoms with Crippen LogP contribution in [0, 0.1) is 13.8 Å². The molecule has 2 aromatic rings. The highest BCUT2D eigenvalue weighted by Gasteiger charge is 2.17. The van der Waals surface area contributed by atoms with Crippen LogP contribution in [0.1, 0.15) is 27.4 Å². The maximum atomic E-state index is 12.4. The summed E-state index contributed by atoms with van der Waals surface area (Å²) in [6, 6.07) is 2.92. The van der Waals surface area contributed by atoms with Gasteiger partial charge in [-0.3, -0.25) is 9.59 Å². The molecule has 0 aliphatic rings. The van der Waals surface area contributed by atoms with Gasteiger partial charge in [-0.2, -0.15) is 0 Å². The molecule has 0 fully saturated rings. The Morgan fingerprint density at radius 3 is 2.65 bits per heavy atom. The first-order chi connectivity index (χ1) is 12.3. The van der Waals surface area contributed by atoms with Gasteiger partial charge in [-0.05, 0) is 32.4 Å². The highest BCUT2D eigenvalue weighted by atomic mass is 35.5. The first-order valence-corrected chi connectivity index (χ1v) is 8.19. The number of benzene rings is 1. The molecule has 8 nitrogen and oxygen atoms in total. The highest BCUT2D eigenvalue weighted by molar-refractivity contribution is 6.32. The molecule has 1 aromatic carbocycles. The molecular weight excluding hydrogens is 362 g/mol. The number of primary amides is 1. The van der Waals surface area contributed by atoms with E-state index in [1.54, 1.807) is 0 Å². The third-order valence-electron chi connectivity index (χ3n) is 3.69. The summed E-state index contributed by atoms with van der Waals surface area (Å²) in [5, 5.41) is 6.82. The van der Waals surface area contributed by atoms with Gasteiger partial charge in [0.15, 0.2) is 18.1 Å². The van der Waals surface area contributed by atoms with Crippen molar-refractivity contribution in [3.05, 3.63) is 39.7 Å². The number of hydrogen-bond acceptors (Lipinski definition) is 6. The maximum absolute atomic E-state index is 12.4. The molecule has 2 rings (SSSR count). The first kappa shape index (κ1) is 19.6. The second-order valence-electron chi connectivity index (χ2n) is 5.55. The van der Waals surface area contributed by atoms with Crippen LogP contribution in [0.3, 0.4) is 0 Å². The minimum absolute atomic E-state index is 0.140. The van der Waals surface area contributed by atoms with Gasteiger partial charge in [-0.25, -0.2) is 0 Å². The Morgan fingerprint density at radius 2 is 2.08 bits per heavy atom. The van der Waals surface area contributed by atoms with E-state index >= 15 is 0 Å². The van der Waals surface area contributed by atoms with Gasteiger partial charge in [0.05, 0.1) is 17.8 Å². The Kier molecular flexibility index (Phi) is 6.46. The number of ether oxygens (including phenoxy) is 2. The summed E-state index contributed by atoms with van der Waals surface area (Å²) < 4.78 is 15.5. The number of carbonyl (C=O) groups is 2. The van der Waals surface area contributed by atoms with Crippen LogP contribution in [0.15, 0.2) is 16.7 Å². The number of hydrogen-bond donors (Lipinski definition) is 2. The van der Waals surface area contributed by atoms with Crippen molar-refractivity contribution in [3.8, 4) is 11.5 Å². The van der Waals surface area contributed by atoms with Crippen LogP contribution >= 0.6 is 11.6 Å². The lowest BCUT2D eigenvalue weighted by Crippen LogP contribution is -2.26. The molecule has 0 saturated carbocycles. The normalized spacial score (nSPS) is 10.5. The van der Waals surface area contributed by atoms with E-state index in [-0.39, 0.29) is 29.0 Å². The van der Waals surface area contributed by atoms with E-state index in [1.807, 2.05) is 13.8 Å². The van der Waals surface area contributed by atoms with Crippen LogP contribution in [-0.4, -0.2) is 37.2 Å². The molecule has 0 aliphatic carbocycles. The summed E-state index contributed by atoms with van der Waals surface area (Å²) in [4.78, 5) is 23.2. The van der Waals surface area contributed by atoms with E-state index in [9.17, 15) is 9.59 Å². The average Bonchev–Trinajstić information content (AvgIpc) is 2.91. The number of rotatable bonds is 8. The van der Waals surface area contributed by atoms with Crippen LogP contribution in [0.25, 0.3) is 0 Å². The van der Waals surface area contributed by atoms with E-state index < -0.39 is 5.91 Å². The standard InChI is InChI=1S/C17H20ClN3O5/c1-9-12(10(2)26-21-9)4-5-20-17(23)11-6-13(18)16(14(7-11)24-3)25-8-15(19)22/h6-7H,4-5,8H2,1-3H3,(H2,19,22)(H,20,23). The lowest BCUT2D eigenvalue weighted by Gasteiger charge is -2.13. The number of aryl methyl sites for hydroxylation is 2. The monoisotopic (exact) mass is 381 g/mol. The van der Waals surface area contributed by atoms with Crippen molar-refractivity contribution >= 4 is 23.4 Å². The zero-order chi connectivity index (χ0) is 19.3. The molecule has 0 saturated heterocycles. The minimum Gasteiger partial charge on any atom is -0.493 e.